The van der Waals surface area contributed by atoms with Crippen molar-refractivity contribution in [1.82, 2.24) is 5.32 Å². The summed E-state index contributed by atoms with van der Waals surface area (Å²) in [6.45, 7) is 12.6. The van der Waals surface area contributed by atoms with E-state index in [1.54, 1.807) is 0 Å². The second-order valence-corrected chi connectivity index (χ2v) is 6.71. The molecular weight excluding hydrogens is 274 g/mol. The molecule has 3 heteroatoms. The molecule has 0 saturated heterocycles. The van der Waals surface area contributed by atoms with Crippen molar-refractivity contribution in [2.75, 3.05) is 13.2 Å². The Kier molecular flexibility index (Phi) is 5.74. The van der Waals surface area contributed by atoms with Gasteiger partial charge in [-0.3, -0.25) is 0 Å². The Morgan fingerprint density at radius 1 is 1.27 bits per heavy atom. The van der Waals surface area contributed by atoms with Gasteiger partial charge in [0.15, 0.2) is 0 Å². The summed E-state index contributed by atoms with van der Waals surface area (Å²) in [4.78, 5) is 0. The Morgan fingerprint density at radius 3 is 2.59 bits per heavy atom. The molecule has 1 aliphatic heterocycles. The first-order valence-corrected chi connectivity index (χ1v) is 8.72. The third kappa shape index (κ3) is 3.75. The van der Waals surface area contributed by atoms with E-state index in [0.29, 0.717) is 12.0 Å². The van der Waals surface area contributed by atoms with E-state index in [0.717, 1.165) is 43.9 Å². The topological polar surface area (TPSA) is 30.5 Å². The minimum Gasteiger partial charge on any atom is -0.493 e. The first-order valence-electron chi connectivity index (χ1n) is 8.72. The zero-order valence-electron chi connectivity index (χ0n) is 14.7. The minimum absolute atomic E-state index is 0.0590. The van der Waals surface area contributed by atoms with Gasteiger partial charge in [0.05, 0.1) is 6.61 Å². The summed E-state index contributed by atoms with van der Waals surface area (Å²) in [6, 6.07) is 6.67. The normalized spacial score (nSPS) is 19.6. The van der Waals surface area contributed by atoms with Crippen molar-refractivity contribution in [2.45, 2.75) is 65.5 Å². The maximum atomic E-state index is 6.42. The van der Waals surface area contributed by atoms with E-state index in [9.17, 15) is 0 Å². The van der Waals surface area contributed by atoms with E-state index in [1.807, 2.05) is 0 Å². The van der Waals surface area contributed by atoms with Crippen LogP contribution in [0.5, 0.6) is 11.5 Å². The van der Waals surface area contributed by atoms with Crippen LogP contribution < -0.4 is 14.8 Å². The Labute approximate surface area is 135 Å². The predicted molar refractivity (Wildman–Crippen MR) is 91.8 cm³/mol. The van der Waals surface area contributed by atoms with Gasteiger partial charge in [-0.1, -0.05) is 40.7 Å². The molecule has 0 amide bonds. The van der Waals surface area contributed by atoms with Crippen LogP contribution in [0.3, 0.4) is 0 Å². The lowest BCUT2D eigenvalue weighted by Crippen LogP contribution is -2.43. The summed E-state index contributed by atoms with van der Waals surface area (Å²) in [7, 11) is 0. The van der Waals surface area contributed by atoms with Gasteiger partial charge in [-0.25, -0.2) is 0 Å². The quantitative estimate of drug-likeness (QED) is 0.791. The smallest absolute Gasteiger partial charge is 0.128 e. The standard InChI is InChI=1S/C19H31NO2/c1-6-19(7-2)12-17(20-8-3)16-10-9-15(11-18(16)22-19)21-13-14(4)5/h9-11,14,17,20H,6-8,12-13H2,1-5H3. The number of nitrogens with one attached hydrogen (secondary N) is 1. The van der Waals surface area contributed by atoms with Crippen molar-refractivity contribution in [1.29, 1.82) is 0 Å². The van der Waals surface area contributed by atoms with Crippen LogP contribution in [0.25, 0.3) is 0 Å². The van der Waals surface area contributed by atoms with Crippen molar-refractivity contribution >= 4 is 0 Å². The van der Waals surface area contributed by atoms with Gasteiger partial charge in [-0.15, -0.1) is 0 Å². The summed E-state index contributed by atoms with van der Waals surface area (Å²) in [6.07, 6.45) is 3.09. The first-order chi connectivity index (χ1) is 10.5. The van der Waals surface area contributed by atoms with E-state index >= 15 is 0 Å². The van der Waals surface area contributed by atoms with Gasteiger partial charge in [0.1, 0.15) is 17.1 Å². The van der Waals surface area contributed by atoms with Crippen molar-refractivity contribution in [2.24, 2.45) is 5.92 Å². The summed E-state index contributed by atoms with van der Waals surface area (Å²) >= 11 is 0. The summed E-state index contributed by atoms with van der Waals surface area (Å²) < 4.78 is 12.3. The van der Waals surface area contributed by atoms with E-state index in [2.05, 4.69) is 58.1 Å². The number of ether oxygens (including phenoxy) is 2. The van der Waals surface area contributed by atoms with E-state index in [4.69, 9.17) is 9.47 Å². The highest BCUT2D eigenvalue weighted by atomic mass is 16.5. The lowest BCUT2D eigenvalue weighted by Gasteiger charge is -2.42. The number of hydrogen-bond donors (Lipinski definition) is 1. The van der Waals surface area contributed by atoms with E-state index in [1.165, 1.54) is 5.56 Å². The molecule has 1 heterocycles. The molecule has 0 saturated carbocycles. The molecule has 1 atom stereocenters. The number of benzene rings is 1. The fourth-order valence-electron chi connectivity index (χ4n) is 3.11. The van der Waals surface area contributed by atoms with Crippen LogP contribution in [-0.4, -0.2) is 18.8 Å². The summed E-state index contributed by atoms with van der Waals surface area (Å²) in [5.74, 6) is 2.42. The van der Waals surface area contributed by atoms with Gasteiger partial charge in [-0.05, 0) is 31.4 Å². The molecule has 0 radical (unpaired) electrons. The zero-order valence-corrected chi connectivity index (χ0v) is 14.7. The third-order valence-electron chi connectivity index (χ3n) is 4.59. The van der Waals surface area contributed by atoms with Crippen LogP contribution in [-0.2, 0) is 0 Å². The molecule has 1 aliphatic rings. The van der Waals surface area contributed by atoms with Gasteiger partial charge in [0.25, 0.3) is 0 Å². The Bertz CT molecular complexity index is 480. The molecule has 22 heavy (non-hydrogen) atoms. The first kappa shape index (κ1) is 17.1. The monoisotopic (exact) mass is 305 g/mol. The molecule has 124 valence electrons. The molecule has 1 aromatic rings. The lowest BCUT2D eigenvalue weighted by molar-refractivity contribution is 0.0227. The van der Waals surface area contributed by atoms with Crippen molar-refractivity contribution in [3.05, 3.63) is 23.8 Å². The predicted octanol–water partition coefficient (Wildman–Crippen LogP) is 4.71. The molecule has 1 aromatic carbocycles. The van der Waals surface area contributed by atoms with Crippen LogP contribution in [0.1, 0.15) is 65.5 Å². The van der Waals surface area contributed by atoms with Crippen LogP contribution in [0, 0.1) is 5.92 Å². The van der Waals surface area contributed by atoms with Crippen molar-refractivity contribution in [3.63, 3.8) is 0 Å². The van der Waals surface area contributed by atoms with Crippen LogP contribution >= 0.6 is 0 Å². The Balaban J connectivity index is 2.28. The molecule has 0 aliphatic carbocycles. The molecule has 0 aromatic heterocycles. The molecule has 1 N–H and O–H groups in total. The summed E-state index contributed by atoms with van der Waals surface area (Å²) in [5, 5.41) is 3.61. The highest BCUT2D eigenvalue weighted by Gasteiger charge is 2.38. The van der Waals surface area contributed by atoms with Crippen molar-refractivity contribution < 1.29 is 9.47 Å². The SMILES string of the molecule is CCNC1CC(CC)(CC)Oc2cc(OCC(C)C)ccc21. The van der Waals surface area contributed by atoms with Gasteiger partial charge < -0.3 is 14.8 Å². The lowest BCUT2D eigenvalue weighted by atomic mass is 9.83. The second-order valence-electron chi connectivity index (χ2n) is 6.71. The van der Waals surface area contributed by atoms with Gasteiger partial charge >= 0.3 is 0 Å². The van der Waals surface area contributed by atoms with E-state index < -0.39 is 0 Å². The zero-order chi connectivity index (χ0) is 16.2. The molecular formula is C19H31NO2. The largest absolute Gasteiger partial charge is 0.493 e. The van der Waals surface area contributed by atoms with E-state index in [-0.39, 0.29) is 5.60 Å². The fraction of sp³-hybridized carbons (Fsp3) is 0.684. The molecule has 1 unspecified atom stereocenters. The number of rotatable bonds is 7. The second kappa shape index (κ2) is 7.36. The van der Waals surface area contributed by atoms with Gasteiger partial charge in [0.2, 0.25) is 0 Å². The van der Waals surface area contributed by atoms with Gasteiger partial charge in [-0.2, -0.15) is 0 Å². The molecule has 2 rings (SSSR count). The number of fused-ring (bicyclic) bond motifs is 1. The van der Waals surface area contributed by atoms with Crippen molar-refractivity contribution in [3.8, 4) is 11.5 Å². The highest BCUT2D eigenvalue weighted by molar-refractivity contribution is 5.44. The van der Waals surface area contributed by atoms with Gasteiger partial charge in [0, 0.05) is 24.1 Å². The maximum absolute atomic E-state index is 6.42. The average Bonchev–Trinajstić information content (AvgIpc) is 2.52. The minimum atomic E-state index is -0.0590. The Hall–Kier alpha value is -1.22. The maximum Gasteiger partial charge on any atom is 0.128 e. The fourth-order valence-corrected chi connectivity index (χ4v) is 3.11. The molecule has 0 fully saturated rings. The molecule has 0 spiro atoms. The third-order valence-corrected chi connectivity index (χ3v) is 4.59. The molecule has 3 nitrogen and oxygen atoms in total. The Morgan fingerprint density at radius 2 is 2.00 bits per heavy atom. The number of hydrogen-bond acceptors (Lipinski definition) is 3. The van der Waals surface area contributed by atoms with Crippen LogP contribution in [0.4, 0.5) is 0 Å². The van der Waals surface area contributed by atoms with Crippen LogP contribution in [0.15, 0.2) is 18.2 Å². The molecule has 0 bridgehead atoms. The van der Waals surface area contributed by atoms with Crippen LogP contribution in [0.2, 0.25) is 0 Å². The summed E-state index contributed by atoms with van der Waals surface area (Å²) in [5.41, 5.74) is 1.20. The highest BCUT2D eigenvalue weighted by Crippen LogP contribution is 2.44. The average molecular weight is 305 g/mol.